The van der Waals surface area contributed by atoms with E-state index in [9.17, 15) is 4.79 Å². The zero-order chi connectivity index (χ0) is 15.1. The molecule has 0 aromatic carbocycles. The number of likely N-dealkylation sites (N-methyl/N-ethyl adjacent to an activating group) is 2. The Morgan fingerprint density at radius 3 is 2.45 bits per heavy atom. The lowest BCUT2D eigenvalue weighted by atomic mass is 10.3. The van der Waals surface area contributed by atoms with Gasteiger partial charge in [-0.1, -0.05) is 6.92 Å². The average Bonchev–Trinajstić information content (AvgIpc) is 2.44. The molecule has 0 radical (unpaired) electrons. The maximum Gasteiger partial charge on any atom is 0.241 e. The molecule has 1 N–H and O–H groups in total. The number of nitrogens with one attached hydrogen (secondary N) is 1. The molecule has 1 rings (SSSR count). The highest BCUT2D eigenvalue weighted by Crippen LogP contribution is 2.16. The monoisotopic (exact) mass is 279 g/mol. The first-order valence-electron chi connectivity index (χ1n) is 7.08. The third-order valence-electron chi connectivity index (χ3n) is 2.96. The highest BCUT2D eigenvalue weighted by molar-refractivity contribution is 5.80. The molecule has 0 saturated carbocycles. The molecule has 1 aromatic rings. The van der Waals surface area contributed by atoms with Gasteiger partial charge in [-0.15, -0.1) is 0 Å². The van der Waals surface area contributed by atoms with Crippen LogP contribution in [-0.4, -0.2) is 54.5 Å². The minimum Gasteiger partial charge on any atom is -0.370 e. The quantitative estimate of drug-likeness (QED) is 0.817. The standard InChI is InChI=1S/C14H25N5O/c1-6-11-16-12(15-7-2)9-13(17-11)19(8-3)10-14(20)18(4)5/h9H,6-8,10H2,1-5H3,(H,15,16,17). The molecule has 0 unspecified atom stereocenters. The summed E-state index contributed by atoms with van der Waals surface area (Å²) >= 11 is 0. The van der Waals surface area contributed by atoms with Crippen LogP contribution in [0.15, 0.2) is 6.07 Å². The Morgan fingerprint density at radius 2 is 1.95 bits per heavy atom. The largest absolute Gasteiger partial charge is 0.370 e. The van der Waals surface area contributed by atoms with E-state index in [0.717, 1.165) is 37.0 Å². The number of nitrogens with zero attached hydrogens (tertiary/aromatic N) is 4. The van der Waals surface area contributed by atoms with Crippen molar-refractivity contribution in [1.82, 2.24) is 14.9 Å². The van der Waals surface area contributed by atoms with Crippen molar-refractivity contribution >= 4 is 17.5 Å². The molecule has 0 aliphatic rings. The van der Waals surface area contributed by atoms with E-state index in [4.69, 9.17) is 0 Å². The van der Waals surface area contributed by atoms with Gasteiger partial charge in [0.1, 0.15) is 17.5 Å². The lowest BCUT2D eigenvalue weighted by molar-refractivity contribution is -0.127. The molecule has 0 aliphatic carbocycles. The zero-order valence-corrected chi connectivity index (χ0v) is 13.1. The molecular weight excluding hydrogens is 254 g/mol. The zero-order valence-electron chi connectivity index (χ0n) is 13.1. The van der Waals surface area contributed by atoms with E-state index in [-0.39, 0.29) is 5.91 Å². The van der Waals surface area contributed by atoms with Gasteiger partial charge in [0.2, 0.25) is 5.91 Å². The topological polar surface area (TPSA) is 61.4 Å². The van der Waals surface area contributed by atoms with E-state index in [0.29, 0.717) is 6.54 Å². The first-order valence-corrected chi connectivity index (χ1v) is 7.08. The molecule has 0 atom stereocenters. The maximum atomic E-state index is 11.9. The van der Waals surface area contributed by atoms with Crippen molar-refractivity contribution in [3.63, 3.8) is 0 Å². The minimum atomic E-state index is 0.0634. The Labute approximate surface area is 121 Å². The van der Waals surface area contributed by atoms with E-state index in [2.05, 4.69) is 15.3 Å². The van der Waals surface area contributed by atoms with Crippen LogP contribution in [-0.2, 0) is 11.2 Å². The molecule has 0 spiro atoms. The number of anilines is 2. The van der Waals surface area contributed by atoms with Gasteiger partial charge in [0, 0.05) is 39.7 Å². The molecule has 6 nitrogen and oxygen atoms in total. The van der Waals surface area contributed by atoms with Crippen LogP contribution in [0.5, 0.6) is 0 Å². The third-order valence-corrected chi connectivity index (χ3v) is 2.96. The van der Waals surface area contributed by atoms with Crippen molar-refractivity contribution in [3.05, 3.63) is 11.9 Å². The third kappa shape index (κ3) is 4.36. The predicted molar refractivity (Wildman–Crippen MR) is 82.2 cm³/mol. The fraction of sp³-hybridized carbons (Fsp3) is 0.643. The Kier molecular flexibility index (Phi) is 6.21. The number of aromatic nitrogens is 2. The molecular formula is C14H25N5O. The van der Waals surface area contributed by atoms with E-state index < -0.39 is 0 Å². The summed E-state index contributed by atoms with van der Waals surface area (Å²) in [5.74, 6) is 2.46. The Bertz CT molecular complexity index is 447. The van der Waals surface area contributed by atoms with Gasteiger partial charge >= 0.3 is 0 Å². The molecule has 1 aromatic heterocycles. The van der Waals surface area contributed by atoms with Crippen LogP contribution in [0.4, 0.5) is 11.6 Å². The Balaban J connectivity index is 3.01. The predicted octanol–water partition coefficient (Wildman–Crippen LogP) is 1.39. The first kappa shape index (κ1) is 16.2. The maximum absolute atomic E-state index is 11.9. The van der Waals surface area contributed by atoms with E-state index in [1.807, 2.05) is 31.7 Å². The van der Waals surface area contributed by atoms with Gasteiger partial charge in [0.15, 0.2) is 0 Å². The Hall–Kier alpha value is -1.85. The molecule has 0 fully saturated rings. The number of carbonyl (C=O) groups excluding carboxylic acids is 1. The molecule has 6 heteroatoms. The van der Waals surface area contributed by atoms with Crippen molar-refractivity contribution in [2.75, 3.05) is 43.9 Å². The van der Waals surface area contributed by atoms with Crippen molar-refractivity contribution in [1.29, 1.82) is 0 Å². The number of amides is 1. The molecule has 0 saturated heterocycles. The van der Waals surface area contributed by atoms with Gasteiger partial charge in [0.05, 0.1) is 6.54 Å². The van der Waals surface area contributed by atoms with Crippen molar-refractivity contribution in [2.45, 2.75) is 27.2 Å². The summed E-state index contributed by atoms with van der Waals surface area (Å²) in [6.07, 6.45) is 0.769. The highest BCUT2D eigenvalue weighted by Gasteiger charge is 2.14. The summed E-state index contributed by atoms with van der Waals surface area (Å²) in [5, 5.41) is 3.20. The van der Waals surface area contributed by atoms with Crippen LogP contribution in [0.3, 0.4) is 0 Å². The molecule has 112 valence electrons. The van der Waals surface area contributed by atoms with Crippen LogP contribution in [0.25, 0.3) is 0 Å². The Morgan fingerprint density at radius 1 is 1.25 bits per heavy atom. The summed E-state index contributed by atoms with van der Waals surface area (Å²) in [7, 11) is 3.52. The fourth-order valence-electron chi connectivity index (χ4n) is 1.73. The van der Waals surface area contributed by atoms with Gasteiger partial charge in [-0.25, -0.2) is 9.97 Å². The second kappa shape index (κ2) is 7.67. The van der Waals surface area contributed by atoms with Crippen LogP contribution in [0.1, 0.15) is 26.6 Å². The normalized spacial score (nSPS) is 10.2. The number of rotatable bonds is 7. The summed E-state index contributed by atoms with van der Waals surface area (Å²) in [6.45, 7) is 7.93. The van der Waals surface area contributed by atoms with Crippen molar-refractivity contribution < 1.29 is 4.79 Å². The summed E-state index contributed by atoms with van der Waals surface area (Å²) in [5.41, 5.74) is 0. The van der Waals surface area contributed by atoms with E-state index >= 15 is 0 Å². The lowest BCUT2D eigenvalue weighted by Gasteiger charge is -2.24. The summed E-state index contributed by atoms with van der Waals surface area (Å²) < 4.78 is 0. The second-order valence-corrected chi connectivity index (χ2v) is 4.71. The molecule has 1 amide bonds. The first-order chi connectivity index (χ1) is 9.51. The number of aryl methyl sites for hydroxylation is 1. The lowest BCUT2D eigenvalue weighted by Crippen LogP contribution is -2.37. The summed E-state index contributed by atoms with van der Waals surface area (Å²) in [4.78, 5) is 24.4. The highest BCUT2D eigenvalue weighted by atomic mass is 16.2. The van der Waals surface area contributed by atoms with Crippen LogP contribution >= 0.6 is 0 Å². The SMILES string of the molecule is CCNc1cc(N(CC)CC(=O)N(C)C)nc(CC)n1. The van der Waals surface area contributed by atoms with Gasteiger partial charge in [-0.3, -0.25) is 4.79 Å². The van der Waals surface area contributed by atoms with Crippen LogP contribution in [0, 0.1) is 0 Å². The van der Waals surface area contributed by atoms with Crippen LogP contribution in [0.2, 0.25) is 0 Å². The summed E-state index contributed by atoms with van der Waals surface area (Å²) in [6, 6.07) is 1.90. The van der Waals surface area contributed by atoms with E-state index in [1.54, 1.807) is 19.0 Å². The fourth-order valence-corrected chi connectivity index (χ4v) is 1.73. The molecule has 0 aliphatic heterocycles. The van der Waals surface area contributed by atoms with Crippen molar-refractivity contribution in [3.8, 4) is 0 Å². The molecule has 0 bridgehead atoms. The van der Waals surface area contributed by atoms with E-state index in [1.165, 1.54) is 0 Å². The van der Waals surface area contributed by atoms with Gasteiger partial charge in [-0.05, 0) is 13.8 Å². The van der Waals surface area contributed by atoms with Crippen LogP contribution < -0.4 is 10.2 Å². The molecule has 20 heavy (non-hydrogen) atoms. The average molecular weight is 279 g/mol. The van der Waals surface area contributed by atoms with Gasteiger partial charge in [-0.2, -0.15) is 0 Å². The minimum absolute atomic E-state index is 0.0634. The van der Waals surface area contributed by atoms with Gasteiger partial charge in [0.25, 0.3) is 0 Å². The smallest absolute Gasteiger partial charge is 0.241 e. The number of hydrogen-bond donors (Lipinski definition) is 1. The second-order valence-electron chi connectivity index (χ2n) is 4.71. The van der Waals surface area contributed by atoms with Gasteiger partial charge < -0.3 is 15.1 Å². The number of carbonyl (C=O) groups is 1. The van der Waals surface area contributed by atoms with Crippen molar-refractivity contribution in [2.24, 2.45) is 0 Å². The molecule has 1 heterocycles. The number of hydrogen-bond acceptors (Lipinski definition) is 5.